The molecular weight excluding hydrogens is 266 g/mol. The second-order valence-corrected chi connectivity index (χ2v) is 6.39. The molecule has 2 heterocycles. The first-order chi connectivity index (χ1) is 9.09. The zero-order valence-corrected chi connectivity index (χ0v) is 12.0. The minimum Gasteiger partial charge on any atom is -0.387 e. The van der Waals surface area contributed by atoms with E-state index in [1.807, 2.05) is 0 Å². The normalized spacial score (nSPS) is 21.3. The first-order valence-corrected chi connectivity index (χ1v) is 7.68. The molecule has 1 aliphatic rings. The molecular formula is C12H19N3O3S. The summed E-state index contributed by atoms with van der Waals surface area (Å²) in [4.78, 5) is 4.13. The van der Waals surface area contributed by atoms with Gasteiger partial charge in [-0.3, -0.25) is 4.98 Å². The zero-order chi connectivity index (χ0) is 13.9. The SMILES string of the molecule is CNc1ccncc1S(=O)(=O)N1CCCC(OC)C1. The molecule has 106 valence electrons. The molecule has 1 atom stereocenters. The summed E-state index contributed by atoms with van der Waals surface area (Å²) in [6.07, 6.45) is 4.64. The molecule has 1 unspecified atom stereocenters. The average molecular weight is 285 g/mol. The molecule has 0 amide bonds. The van der Waals surface area contributed by atoms with Crippen molar-refractivity contribution in [1.82, 2.24) is 9.29 Å². The largest absolute Gasteiger partial charge is 0.387 e. The predicted octanol–water partition coefficient (Wildman–Crippen LogP) is 0.923. The van der Waals surface area contributed by atoms with Crippen molar-refractivity contribution in [2.45, 2.75) is 23.8 Å². The third-order valence-electron chi connectivity index (χ3n) is 3.35. The Kier molecular flexibility index (Phi) is 4.38. The van der Waals surface area contributed by atoms with Crippen LogP contribution in [0.1, 0.15) is 12.8 Å². The number of aromatic nitrogens is 1. The number of sulfonamides is 1. The molecule has 1 aromatic heterocycles. The molecule has 19 heavy (non-hydrogen) atoms. The summed E-state index contributed by atoms with van der Waals surface area (Å²) in [5, 5.41) is 2.89. The van der Waals surface area contributed by atoms with Gasteiger partial charge in [0.2, 0.25) is 10.0 Å². The Labute approximate surface area is 113 Å². The van der Waals surface area contributed by atoms with E-state index in [0.717, 1.165) is 12.8 Å². The third-order valence-corrected chi connectivity index (χ3v) is 5.24. The molecule has 1 aliphatic heterocycles. The maximum atomic E-state index is 12.6. The Hall–Kier alpha value is -1.18. The number of nitrogens with zero attached hydrogens (tertiary/aromatic N) is 2. The van der Waals surface area contributed by atoms with Crippen molar-refractivity contribution in [3.8, 4) is 0 Å². The molecule has 0 saturated carbocycles. The van der Waals surface area contributed by atoms with Crippen LogP contribution in [0.15, 0.2) is 23.4 Å². The second kappa shape index (κ2) is 5.85. The van der Waals surface area contributed by atoms with Crippen molar-refractivity contribution in [1.29, 1.82) is 0 Å². The first kappa shape index (κ1) is 14.2. The van der Waals surface area contributed by atoms with Crippen LogP contribution < -0.4 is 5.32 Å². The summed E-state index contributed by atoms with van der Waals surface area (Å²) in [7, 11) is -0.208. The summed E-state index contributed by atoms with van der Waals surface area (Å²) in [6.45, 7) is 0.928. The smallest absolute Gasteiger partial charge is 0.246 e. The van der Waals surface area contributed by atoms with Crippen LogP contribution in [-0.4, -0.2) is 51.1 Å². The Morgan fingerprint density at radius 1 is 1.53 bits per heavy atom. The van der Waals surface area contributed by atoms with E-state index in [4.69, 9.17) is 4.74 Å². The minimum absolute atomic E-state index is 0.0294. The lowest BCUT2D eigenvalue weighted by atomic mass is 10.1. The van der Waals surface area contributed by atoms with Crippen LogP contribution in [0.3, 0.4) is 0 Å². The molecule has 1 aromatic rings. The number of hydrogen-bond donors (Lipinski definition) is 1. The maximum absolute atomic E-state index is 12.6. The van der Waals surface area contributed by atoms with Crippen LogP contribution >= 0.6 is 0 Å². The van der Waals surface area contributed by atoms with E-state index in [-0.39, 0.29) is 11.0 Å². The lowest BCUT2D eigenvalue weighted by Gasteiger charge is -2.31. The summed E-state index contributed by atoms with van der Waals surface area (Å²) in [6, 6.07) is 1.66. The Balaban J connectivity index is 2.31. The lowest BCUT2D eigenvalue weighted by molar-refractivity contribution is 0.0572. The van der Waals surface area contributed by atoms with E-state index in [2.05, 4.69) is 10.3 Å². The highest BCUT2D eigenvalue weighted by atomic mass is 32.2. The van der Waals surface area contributed by atoms with Gasteiger partial charge in [-0.15, -0.1) is 0 Å². The third kappa shape index (κ3) is 2.88. The molecule has 7 heteroatoms. The van der Waals surface area contributed by atoms with Gasteiger partial charge in [0.1, 0.15) is 4.90 Å². The number of anilines is 1. The molecule has 1 saturated heterocycles. The quantitative estimate of drug-likeness (QED) is 0.891. The van der Waals surface area contributed by atoms with Crippen LogP contribution in [0.4, 0.5) is 5.69 Å². The standard InChI is InChI=1S/C12H19N3O3S/c1-13-11-5-6-14-8-12(11)19(16,17)15-7-3-4-10(9-15)18-2/h5-6,8,10H,3-4,7,9H2,1-2H3,(H,13,14). The van der Waals surface area contributed by atoms with E-state index >= 15 is 0 Å². The van der Waals surface area contributed by atoms with Gasteiger partial charge in [0.05, 0.1) is 11.8 Å². The number of pyridine rings is 1. The number of rotatable bonds is 4. The van der Waals surface area contributed by atoms with E-state index in [1.54, 1.807) is 26.4 Å². The fourth-order valence-corrected chi connectivity index (χ4v) is 3.90. The molecule has 0 spiro atoms. The van der Waals surface area contributed by atoms with Gasteiger partial charge in [0, 0.05) is 39.6 Å². The fraction of sp³-hybridized carbons (Fsp3) is 0.583. The molecule has 0 bridgehead atoms. The van der Waals surface area contributed by atoms with Gasteiger partial charge in [-0.1, -0.05) is 0 Å². The Morgan fingerprint density at radius 2 is 2.32 bits per heavy atom. The fourth-order valence-electron chi connectivity index (χ4n) is 2.25. The van der Waals surface area contributed by atoms with Crippen LogP contribution in [0.2, 0.25) is 0 Å². The lowest BCUT2D eigenvalue weighted by Crippen LogP contribution is -2.43. The molecule has 1 N–H and O–H groups in total. The van der Waals surface area contributed by atoms with Crippen molar-refractivity contribution in [3.05, 3.63) is 18.5 Å². The predicted molar refractivity (Wildman–Crippen MR) is 72.6 cm³/mol. The van der Waals surface area contributed by atoms with Gasteiger partial charge in [-0.05, 0) is 18.9 Å². The monoisotopic (exact) mass is 285 g/mol. The number of piperidine rings is 1. The number of methoxy groups -OCH3 is 1. The molecule has 0 aliphatic carbocycles. The van der Waals surface area contributed by atoms with Crippen molar-refractivity contribution in [2.75, 3.05) is 32.6 Å². The van der Waals surface area contributed by atoms with Crippen molar-refractivity contribution >= 4 is 15.7 Å². The minimum atomic E-state index is -3.52. The number of hydrogen-bond acceptors (Lipinski definition) is 5. The summed E-state index contributed by atoms with van der Waals surface area (Å²) in [5.74, 6) is 0. The molecule has 1 fully saturated rings. The second-order valence-electron chi connectivity index (χ2n) is 4.48. The van der Waals surface area contributed by atoms with E-state index in [9.17, 15) is 8.42 Å². The highest BCUT2D eigenvalue weighted by molar-refractivity contribution is 7.89. The average Bonchev–Trinajstić information content (AvgIpc) is 2.47. The van der Waals surface area contributed by atoms with E-state index in [0.29, 0.717) is 18.8 Å². The van der Waals surface area contributed by atoms with Gasteiger partial charge < -0.3 is 10.1 Å². The molecule has 0 aromatic carbocycles. The van der Waals surface area contributed by atoms with Crippen LogP contribution in [0.25, 0.3) is 0 Å². The van der Waals surface area contributed by atoms with E-state index < -0.39 is 10.0 Å². The highest BCUT2D eigenvalue weighted by Gasteiger charge is 2.31. The molecule has 0 radical (unpaired) electrons. The summed E-state index contributed by atoms with van der Waals surface area (Å²) < 4.78 is 32.0. The highest BCUT2D eigenvalue weighted by Crippen LogP contribution is 2.26. The summed E-state index contributed by atoms with van der Waals surface area (Å²) in [5.41, 5.74) is 0.564. The van der Waals surface area contributed by atoms with E-state index in [1.165, 1.54) is 10.5 Å². The number of ether oxygens (including phenoxy) is 1. The van der Waals surface area contributed by atoms with Crippen molar-refractivity contribution in [2.24, 2.45) is 0 Å². The van der Waals surface area contributed by atoms with Crippen molar-refractivity contribution < 1.29 is 13.2 Å². The van der Waals surface area contributed by atoms with Gasteiger partial charge in [0.25, 0.3) is 0 Å². The number of nitrogens with one attached hydrogen (secondary N) is 1. The first-order valence-electron chi connectivity index (χ1n) is 6.24. The maximum Gasteiger partial charge on any atom is 0.246 e. The Bertz CT molecular complexity index is 533. The molecule has 6 nitrogen and oxygen atoms in total. The van der Waals surface area contributed by atoms with Gasteiger partial charge in [-0.2, -0.15) is 4.31 Å². The van der Waals surface area contributed by atoms with Crippen LogP contribution in [-0.2, 0) is 14.8 Å². The topological polar surface area (TPSA) is 71.5 Å². The van der Waals surface area contributed by atoms with Crippen molar-refractivity contribution in [3.63, 3.8) is 0 Å². The Morgan fingerprint density at radius 3 is 3.00 bits per heavy atom. The molecule has 2 rings (SSSR count). The van der Waals surface area contributed by atoms with Gasteiger partial charge in [-0.25, -0.2) is 8.42 Å². The zero-order valence-electron chi connectivity index (χ0n) is 11.2. The van der Waals surface area contributed by atoms with Crippen LogP contribution in [0, 0.1) is 0 Å². The summed E-state index contributed by atoms with van der Waals surface area (Å²) >= 11 is 0. The van der Waals surface area contributed by atoms with Gasteiger partial charge in [0.15, 0.2) is 0 Å². The van der Waals surface area contributed by atoms with Gasteiger partial charge >= 0.3 is 0 Å². The van der Waals surface area contributed by atoms with Crippen LogP contribution in [0.5, 0.6) is 0 Å².